The summed E-state index contributed by atoms with van der Waals surface area (Å²) in [6.07, 6.45) is 10.8. The first-order chi connectivity index (χ1) is 10.2. The van der Waals surface area contributed by atoms with Crippen LogP contribution in [-0.4, -0.2) is 46.7 Å². The van der Waals surface area contributed by atoms with Crippen LogP contribution in [0.25, 0.3) is 0 Å². The van der Waals surface area contributed by atoms with Crippen LogP contribution in [0.4, 0.5) is 0 Å². The molecule has 0 aromatic carbocycles. The minimum atomic E-state index is -0.666. The molecule has 1 aliphatic heterocycles. The average molecular weight is 294 g/mol. The molecular formula is C17H30N2O2. The Labute approximate surface area is 128 Å². The standard InChI is InChI=1S/C17H30N2O2/c1-2-18-17(16(20)21)10-9-14(12-17)19-11-5-7-13-6-3-4-8-15(13)19/h13-15,18H,2-12H2,1H3,(H,20,21)/t13-,14?,15-,17?/m1/s1. The van der Waals surface area contributed by atoms with Crippen molar-refractivity contribution in [2.45, 2.75) is 82.3 Å². The van der Waals surface area contributed by atoms with E-state index in [1.54, 1.807) is 0 Å². The Bertz CT molecular complexity index is 385. The number of carbonyl (C=O) groups is 1. The number of likely N-dealkylation sites (tertiary alicyclic amines) is 1. The molecule has 4 atom stereocenters. The molecule has 1 saturated heterocycles. The van der Waals surface area contributed by atoms with Crippen LogP contribution >= 0.6 is 0 Å². The second-order valence-electron chi connectivity index (χ2n) is 7.31. The monoisotopic (exact) mass is 294 g/mol. The number of nitrogens with one attached hydrogen (secondary N) is 1. The van der Waals surface area contributed by atoms with Gasteiger partial charge < -0.3 is 10.4 Å². The van der Waals surface area contributed by atoms with Crippen molar-refractivity contribution in [1.82, 2.24) is 10.2 Å². The molecule has 2 saturated carbocycles. The van der Waals surface area contributed by atoms with Gasteiger partial charge in [-0.3, -0.25) is 9.69 Å². The minimum Gasteiger partial charge on any atom is -0.480 e. The lowest BCUT2D eigenvalue weighted by Gasteiger charge is -2.47. The summed E-state index contributed by atoms with van der Waals surface area (Å²) in [5, 5.41) is 12.9. The molecule has 120 valence electrons. The van der Waals surface area contributed by atoms with E-state index in [2.05, 4.69) is 10.2 Å². The van der Waals surface area contributed by atoms with Gasteiger partial charge in [0.05, 0.1) is 0 Å². The molecule has 4 nitrogen and oxygen atoms in total. The molecule has 3 rings (SSSR count). The molecular weight excluding hydrogens is 264 g/mol. The maximum Gasteiger partial charge on any atom is 0.323 e. The van der Waals surface area contributed by atoms with Crippen molar-refractivity contribution in [2.75, 3.05) is 13.1 Å². The van der Waals surface area contributed by atoms with Crippen molar-refractivity contribution in [3.8, 4) is 0 Å². The zero-order chi connectivity index (χ0) is 14.9. The SMILES string of the molecule is CCNC1(C(=O)O)CCC(N2CCC[C@H]3CCCC[C@H]32)C1. The fourth-order valence-electron chi connectivity index (χ4n) is 5.19. The predicted octanol–water partition coefficient (Wildman–Crippen LogP) is 2.63. The fraction of sp³-hybridized carbons (Fsp3) is 0.941. The second-order valence-corrected chi connectivity index (χ2v) is 7.31. The highest BCUT2D eigenvalue weighted by molar-refractivity contribution is 5.79. The van der Waals surface area contributed by atoms with E-state index in [1.165, 1.54) is 45.1 Å². The van der Waals surface area contributed by atoms with Gasteiger partial charge in [0.2, 0.25) is 0 Å². The largest absolute Gasteiger partial charge is 0.480 e. The third kappa shape index (κ3) is 2.85. The number of fused-ring (bicyclic) bond motifs is 1. The quantitative estimate of drug-likeness (QED) is 0.837. The van der Waals surface area contributed by atoms with Crippen molar-refractivity contribution < 1.29 is 9.90 Å². The Balaban J connectivity index is 1.71. The number of carboxylic acid groups (broad SMARTS) is 1. The molecule has 3 aliphatic rings. The lowest BCUT2D eigenvalue weighted by atomic mass is 9.77. The maximum atomic E-state index is 11.7. The molecule has 4 heteroatoms. The van der Waals surface area contributed by atoms with Crippen LogP contribution in [0.2, 0.25) is 0 Å². The van der Waals surface area contributed by atoms with Crippen molar-refractivity contribution in [3.63, 3.8) is 0 Å². The van der Waals surface area contributed by atoms with Crippen molar-refractivity contribution in [3.05, 3.63) is 0 Å². The smallest absolute Gasteiger partial charge is 0.323 e. The molecule has 0 amide bonds. The number of piperidine rings is 1. The number of nitrogens with zero attached hydrogens (tertiary/aromatic N) is 1. The van der Waals surface area contributed by atoms with Gasteiger partial charge in [-0.25, -0.2) is 0 Å². The molecule has 2 unspecified atom stereocenters. The van der Waals surface area contributed by atoms with Crippen LogP contribution in [0.15, 0.2) is 0 Å². The average Bonchev–Trinajstić information content (AvgIpc) is 2.92. The Morgan fingerprint density at radius 3 is 2.76 bits per heavy atom. The molecule has 0 aromatic heterocycles. The summed E-state index contributed by atoms with van der Waals surface area (Å²) in [5.41, 5.74) is -0.666. The zero-order valence-corrected chi connectivity index (χ0v) is 13.3. The third-order valence-corrected chi connectivity index (χ3v) is 6.17. The van der Waals surface area contributed by atoms with Crippen LogP contribution in [0.3, 0.4) is 0 Å². The van der Waals surface area contributed by atoms with Gasteiger partial charge in [-0.15, -0.1) is 0 Å². The molecule has 3 fully saturated rings. The number of aliphatic carboxylic acids is 1. The van der Waals surface area contributed by atoms with Crippen LogP contribution < -0.4 is 5.32 Å². The summed E-state index contributed by atoms with van der Waals surface area (Å²) < 4.78 is 0. The lowest BCUT2D eigenvalue weighted by Crippen LogP contribution is -2.54. The van der Waals surface area contributed by atoms with Gasteiger partial charge in [0.1, 0.15) is 5.54 Å². The summed E-state index contributed by atoms with van der Waals surface area (Å²) in [7, 11) is 0. The van der Waals surface area contributed by atoms with Gasteiger partial charge >= 0.3 is 5.97 Å². The van der Waals surface area contributed by atoms with Gasteiger partial charge in [0.25, 0.3) is 0 Å². The first-order valence-electron chi connectivity index (χ1n) is 8.90. The predicted molar refractivity (Wildman–Crippen MR) is 83.4 cm³/mol. The van der Waals surface area contributed by atoms with Gasteiger partial charge in [-0.2, -0.15) is 0 Å². The number of likely N-dealkylation sites (N-methyl/N-ethyl adjacent to an activating group) is 1. The van der Waals surface area contributed by atoms with Crippen LogP contribution in [0.5, 0.6) is 0 Å². The zero-order valence-electron chi connectivity index (χ0n) is 13.3. The third-order valence-electron chi connectivity index (χ3n) is 6.17. The summed E-state index contributed by atoms with van der Waals surface area (Å²) >= 11 is 0. The topological polar surface area (TPSA) is 52.6 Å². The number of carboxylic acids is 1. The van der Waals surface area contributed by atoms with Crippen LogP contribution in [0.1, 0.15) is 64.7 Å². The van der Waals surface area contributed by atoms with E-state index in [9.17, 15) is 9.90 Å². The first-order valence-corrected chi connectivity index (χ1v) is 8.90. The summed E-state index contributed by atoms with van der Waals surface area (Å²) in [5.74, 6) is 0.232. The van der Waals surface area contributed by atoms with Gasteiger partial charge in [-0.1, -0.05) is 19.8 Å². The summed E-state index contributed by atoms with van der Waals surface area (Å²) in [6, 6.07) is 1.22. The van der Waals surface area contributed by atoms with E-state index in [0.29, 0.717) is 6.04 Å². The van der Waals surface area contributed by atoms with Crippen LogP contribution in [-0.2, 0) is 4.79 Å². The van der Waals surface area contributed by atoms with Gasteiger partial charge in [-0.05, 0) is 64.0 Å². The molecule has 0 aromatic rings. The maximum absolute atomic E-state index is 11.7. The summed E-state index contributed by atoms with van der Waals surface area (Å²) in [6.45, 7) is 3.94. The lowest BCUT2D eigenvalue weighted by molar-refractivity contribution is -0.144. The van der Waals surface area contributed by atoms with Crippen molar-refractivity contribution >= 4 is 5.97 Å². The molecule has 2 aliphatic carbocycles. The molecule has 2 N–H and O–H groups in total. The molecule has 21 heavy (non-hydrogen) atoms. The molecule has 0 bridgehead atoms. The summed E-state index contributed by atoms with van der Waals surface area (Å²) in [4.78, 5) is 14.4. The van der Waals surface area contributed by atoms with Crippen molar-refractivity contribution in [2.24, 2.45) is 5.92 Å². The Morgan fingerprint density at radius 1 is 1.24 bits per heavy atom. The Kier molecular flexibility index (Phi) is 4.55. The molecule has 0 radical (unpaired) electrons. The van der Waals surface area contributed by atoms with E-state index in [0.717, 1.165) is 37.8 Å². The highest BCUT2D eigenvalue weighted by Crippen LogP contribution is 2.41. The normalized spacial score (nSPS) is 40.9. The van der Waals surface area contributed by atoms with Crippen molar-refractivity contribution in [1.29, 1.82) is 0 Å². The van der Waals surface area contributed by atoms with Gasteiger partial charge in [0, 0.05) is 12.1 Å². The Hall–Kier alpha value is -0.610. The molecule has 1 heterocycles. The van der Waals surface area contributed by atoms with Crippen LogP contribution in [0, 0.1) is 5.92 Å². The highest BCUT2D eigenvalue weighted by Gasteiger charge is 2.48. The minimum absolute atomic E-state index is 0.478. The first kappa shape index (κ1) is 15.3. The highest BCUT2D eigenvalue weighted by atomic mass is 16.4. The van der Waals surface area contributed by atoms with E-state index >= 15 is 0 Å². The fourth-order valence-corrected chi connectivity index (χ4v) is 5.19. The Morgan fingerprint density at radius 2 is 2.00 bits per heavy atom. The van der Waals surface area contributed by atoms with E-state index in [-0.39, 0.29) is 0 Å². The number of hydrogen-bond acceptors (Lipinski definition) is 3. The number of hydrogen-bond donors (Lipinski definition) is 2. The van der Waals surface area contributed by atoms with Gasteiger partial charge in [0.15, 0.2) is 0 Å². The van der Waals surface area contributed by atoms with E-state index in [4.69, 9.17) is 0 Å². The van der Waals surface area contributed by atoms with E-state index < -0.39 is 11.5 Å². The van der Waals surface area contributed by atoms with E-state index in [1.807, 2.05) is 6.92 Å². The number of rotatable bonds is 4. The molecule has 0 spiro atoms. The second kappa shape index (κ2) is 6.25.